The first-order chi connectivity index (χ1) is 10.2. The smallest absolute Gasteiger partial charge is 0.313 e. The Morgan fingerprint density at radius 3 is 2.86 bits per heavy atom. The number of aryl methyl sites for hydroxylation is 2. The largest absolute Gasteiger partial charge is 0.481 e. The summed E-state index contributed by atoms with van der Waals surface area (Å²) in [6.07, 6.45) is 3.32. The maximum Gasteiger partial charge on any atom is 0.313 e. The number of aliphatic hydroxyl groups is 1. The van der Waals surface area contributed by atoms with Crippen molar-refractivity contribution in [2.75, 3.05) is 5.75 Å². The summed E-state index contributed by atoms with van der Waals surface area (Å²) in [6.45, 7) is -0.238. The molecule has 1 aliphatic carbocycles. The molecule has 0 spiro atoms. The van der Waals surface area contributed by atoms with Crippen LogP contribution in [0.15, 0.2) is 23.4 Å². The molecule has 6 nitrogen and oxygen atoms in total. The van der Waals surface area contributed by atoms with Crippen molar-refractivity contribution in [2.24, 2.45) is 0 Å². The van der Waals surface area contributed by atoms with Gasteiger partial charge < -0.3 is 10.2 Å². The number of aliphatic carboxylic acids is 1. The van der Waals surface area contributed by atoms with E-state index in [9.17, 15) is 9.90 Å². The lowest BCUT2D eigenvalue weighted by Crippen LogP contribution is -2.05. The number of carboxylic acids is 1. The molecule has 2 aromatic rings. The lowest BCUT2D eigenvalue weighted by molar-refractivity contribution is -0.133. The highest BCUT2D eigenvalue weighted by molar-refractivity contribution is 7.99. The molecule has 1 aliphatic rings. The fourth-order valence-corrected chi connectivity index (χ4v) is 3.27. The van der Waals surface area contributed by atoms with E-state index < -0.39 is 5.97 Å². The first kappa shape index (κ1) is 14.1. The summed E-state index contributed by atoms with van der Waals surface area (Å²) in [7, 11) is 0. The van der Waals surface area contributed by atoms with Crippen LogP contribution in [0.1, 0.15) is 23.4 Å². The lowest BCUT2D eigenvalue weighted by Gasteiger charge is -2.10. The third kappa shape index (κ3) is 2.79. The van der Waals surface area contributed by atoms with Gasteiger partial charge in [-0.15, -0.1) is 10.2 Å². The molecule has 1 aromatic heterocycles. The molecule has 21 heavy (non-hydrogen) atoms. The van der Waals surface area contributed by atoms with E-state index in [2.05, 4.69) is 22.3 Å². The summed E-state index contributed by atoms with van der Waals surface area (Å²) in [5.74, 6) is -0.580. The van der Waals surface area contributed by atoms with E-state index in [0.717, 1.165) is 36.7 Å². The highest BCUT2D eigenvalue weighted by Gasteiger charge is 2.17. The zero-order valence-electron chi connectivity index (χ0n) is 11.3. The van der Waals surface area contributed by atoms with Gasteiger partial charge in [0.15, 0.2) is 11.0 Å². The van der Waals surface area contributed by atoms with Gasteiger partial charge in [-0.05, 0) is 42.5 Å². The molecule has 0 aliphatic heterocycles. The molecule has 7 heteroatoms. The van der Waals surface area contributed by atoms with Crippen LogP contribution in [0.2, 0.25) is 0 Å². The molecular formula is C14H15N3O3S. The SMILES string of the molecule is O=C(O)CSc1nnc(CO)n1-c1ccc2c(c1)CCC2. The lowest BCUT2D eigenvalue weighted by atomic mass is 10.1. The monoisotopic (exact) mass is 305 g/mol. The highest BCUT2D eigenvalue weighted by Crippen LogP contribution is 2.27. The quantitative estimate of drug-likeness (QED) is 0.812. The van der Waals surface area contributed by atoms with Gasteiger partial charge in [-0.1, -0.05) is 17.8 Å². The first-order valence-corrected chi connectivity index (χ1v) is 7.69. The minimum absolute atomic E-state index is 0.0888. The van der Waals surface area contributed by atoms with E-state index >= 15 is 0 Å². The minimum Gasteiger partial charge on any atom is -0.481 e. The van der Waals surface area contributed by atoms with E-state index in [0.29, 0.717) is 11.0 Å². The van der Waals surface area contributed by atoms with Crippen LogP contribution in [-0.2, 0) is 24.2 Å². The summed E-state index contributed by atoms with van der Waals surface area (Å²) in [5.41, 5.74) is 3.54. The number of aliphatic hydroxyl groups excluding tert-OH is 1. The predicted octanol–water partition coefficient (Wildman–Crippen LogP) is 1.43. The minimum atomic E-state index is -0.908. The average Bonchev–Trinajstić information content (AvgIpc) is 3.10. The molecule has 0 bridgehead atoms. The molecule has 1 aromatic carbocycles. The van der Waals surface area contributed by atoms with Gasteiger partial charge >= 0.3 is 5.97 Å². The second kappa shape index (κ2) is 5.87. The second-order valence-electron chi connectivity index (χ2n) is 4.88. The Kier molecular flexibility index (Phi) is 3.94. The molecule has 0 saturated carbocycles. The van der Waals surface area contributed by atoms with Gasteiger partial charge in [0.05, 0.1) is 5.75 Å². The standard InChI is InChI=1S/C14H15N3O3S/c18-7-12-15-16-14(21-8-13(19)20)17(12)11-5-4-9-2-1-3-10(9)6-11/h4-6,18H,1-3,7-8H2,(H,19,20). The van der Waals surface area contributed by atoms with E-state index in [4.69, 9.17) is 5.11 Å². The molecule has 110 valence electrons. The number of rotatable bonds is 5. The molecule has 0 amide bonds. The van der Waals surface area contributed by atoms with Crippen LogP contribution in [-0.4, -0.2) is 36.7 Å². The van der Waals surface area contributed by atoms with Crippen LogP contribution in [0, 0.1) is 0 Å². The third-order valence-electron chi connectivity index (χ3n) is 3.51. The predicted molar refractivity (Wildman–Crippen MR) is 77.7 cm³/mol. The molecule has 0 saturated heterocycles. The van der Waals surface area contributed by atoms with Crippen molar-refractivity contribution in [3.63, 3.8) is 0 Å². The summed E-state index contributed by atoms with van der Waals surface area (Å²) in [6, 6.07) is 6.14. The van der Waals surface area contributed by atoms with Crippen molar-refractivity contribution >= 4 is 17.7 Å². The molecule has 0 unspecified atom stereocenters. The van der Waals surface area contributed by atoms with E-state index in [1.807, 2.05) is 6.07 Å². The molecule has 0 fully saturated rings. The molecule has 2 N–H and O–H groups in total. The van der Waals surface area contributed by atoms with Gasteiger partial charge in [-0.2, -0.15) is 0 Å². The number of hydrogen-bond acceptors (Lipinski definition) is 5. The Morgan fingerprint density at radius 2 is 2.10 bits per heavy atom. The zero-order chi connectivity index (χ0) is 14.8. The Bertz CT molecular complexity index is 684. The van der Waals surface area contributed by atoms with Gasteiger partial charge in [0.25, 0.3) is 0 Å². The van der Waals surface area contributed by atoms with E-state index in [-0.39, 0.29) is 12.4 Å². The summed E-state index contributed by atoms with van der Waals surface area (Å²) in [5, 5.41) is 26.6. The van der Waals surface area contributed by atoms with Crippen molar-refractivity contribution in [3.05, 3.63) is 35.2 Å². The highest BCUT2D eigenvalue weighted by atomic mass is 32.2. The first-order valence-electron chi connectivity index (χ1n) is 6.71. The second-order valence-corrected chi connectivity index (χ2v) is 5.82. The molecule has 0 radical (unpaired) electrons. The number of fused-ring (bicyclic) bond motifs is 1. The number of hydrogen-bond donors (Lipinski definition) is 2. The fraction of sp³-hybridized carbons (Fsp3) is 0.357. The number of carboxylic acid groups (broad SMARTS) is 1. The van der Waals surface area contributed by atoms with Crippen molar-refractivity contribution < 1.29 is 15.0 Å². The Hall–Kier alpha value is -1.86. The van der Waals surface area contributed by atoms with Crippen LogP contribution < -0.4 is 0 Å². The van der Waals surface area contributed by atoms with Gasteiger partial charge in [-0.25, -0.2) is 0 Å². The Balaban J connectivity index is 1.99. The van der Waals surface area contributed by atoms with E-state index in [1.165, 1.54) is 11.1 Å². The van der Waals surface area contributed by atoms with E-state index in [1.54, 1.807) is 4.57 Å². The number of nitrogens with zero attached hydrogens (tertiary/aromatic N) is 3. The third-order valence-corrected chi connectivity index (χ3v) is 4.42. The maximum atomic E-state index is 10.7. The zero-order valence-corrected chi connectivity index (χ0v) is 12.1. The normalized spacial score (nSPS) is 13.4. The number of benzene rings is 1. The van der Waals surface area contributed by atoms with Crippen LogP contribution >= 0.6 is 11.8 Å². The Labute approximate surface area is 125 Å². The van der Waals surface area contributed by atoms with Crippen LogP contribution in [0.5, 0.6) is 0 Å². The van der Waals surface area contributed by atoms with Gasteiger partial charge in [-0.3, -0.25) is 9.36 Å². The van der Waals surface area contributed by atoms with Gasteiger partial charge in [0, 0.05) is 5.69 Å². The van der Waals surface area contributed by atoms with Crippen molar-refractivity contribution in [3.8, 4) is 5.69 Å². The van der Waals surface area contributed by atoms with Gasteiger partial charge in [0.2, 0.25) is 0 Å². The molecule has 0 atom stereocenters. The van der Waals surface area contributed by atoms with Crippen molar-refractivity contribution in [1.29, 1.82) is 0 Å². The van der Waals surface area contributed by atoms with Gasteiger partial charge in [0.1, 0.15) is 6.61 Å². The number of carbonyl (C=O) groups is 1. The summed E-state index contributed by atoms with van der Waals surface area (Å²) >= 11 is 1.10. The summed E-state index contributed by atoms with van der Waals surface area (Å²) < 4.78 is 1.73. The maximum absolute atomic E-state index is 10.7. The molecule has 1 heterocycles. The fourth-order valence-electron chi connectivity index (χ4n) is 2.58. The van der Waals surface area contributed by atoms with Crippen LogP contribution in [0.3, 0.4) is 0 Å². The topological polar surface area (TPSA) is 88.2 Å². The van der Waals surface area contributed by atoms with Crippen molar-refractivity contribution in [1.82, 2.24) is 14.8 Å². The van der Waals surface area contributed by atoms with Crippen LogP contribution in [0.25, 0.3) is 5.69 Å². The molecular weight excluding hydrogens is 290 g/mol. The number of thioether (sulfide) groups is 1. The Morgan fingerprint density at radius 1 is 1.29 bits per heavy atom. The average molecular weight is 305 g/mol. The number of aromatic nitrogens is 3. The molecule has 3 rings (SSSR count). The summed E-state index contributed by atoms with van der Waals surface area (Å²) in [4.78, 5) is 10.7. The van der Waals surface area contributed by atoms with Crippen LogP contribution in [0.4, 0.5) is 0 Å². The van der Waals surface area contributed by atoms with Crippen molar-refractivity contribution in [2.45, 2.75) is 31.0 Å².